The van der Waals surface area contributed by atoms with Gasteiger partial charge in [0.05, 0.1) is 0 Å². The monoisotopic (exact) mass is 121 g/mol. The van der Waals surface area contributed by atoms with Gasteiger partial charge in [0.2, 0.25) is 0 Å². The van der Waals surface area contributed by atoms with E-state index in [2.05, 4.69) is 5.92 Å². The van der Waals surface area contributed by atoms with Crippen molar-refractivity contribution in [1.29, 1.82) is 0 Å². The molecule has 1 fully saturated rings. The van der Waals surface area contributed by atoms with E-state index in [0.717, 1.165) is 12.3 Å². The van der Waals surface area contributed by atoms with Gasteiger partial charge in [0.25, 0.3) is 0 Å². The van der Waals surface area contributed by atoms with Crippen molar-refractivity contribution < 1.29 is 0 Å². The fourth-order valence-electron chi connectivity index (χ4n) is 1.54. The zero-order valence-electron chi connectivity index (χ0n) is 5.82. The zero-order chi connectivity index (χ0) is 6.53. The third-order valence-electron chi connectivity index (χ3n) is 2.12. The molecule has 0 saturated heterocycles. The van der Waals surface area contributed by atoms with Gasteiger partial charge in [-0.1, -0.05) is 25.2 Å². The predicted octanol–water partition coefficient (Wildman–Crippen LogP) is 2.55. The van der Waals surface area contributed by atoms with Crippen LogP contribution < -0.4 is 0 Å². The van der Waals surface area contributed by atoms with Crippen molar-refractivity contribution in [2.75, 3.05) is 0 Å². The summed E-state index contributed by atoms with van der Waals surface area (Å²) in [7, 11) is 0. The molecule has 0 unspecified atom stereocenters. The molecular weight excluding hydrogens is 108 g/mol. The Balaban J connectivity index is 2.17. The first-order chi connectivity index (χ1) is 4.43. The lowest BCUT2D eigenvalue weighted by molar-refractivity contribution is 0.365. The maximum Gasteiger partial charge on any atom is 0.0127 e. The zero-order valence-corrected chi connectivity index (χ0v) is 5.82. The fraction of sp³-hybridized carbons (Fsp3) is 0.778. The molecule has 0 spiro atoms. The maximum absolute atomic E-state index is 6.79. The predicted molar refractivity (Wildman–Crippen MR) is 38.3 cm³/mol. The summed E-state index contributed by atoms with van der Waals surface area (Å²) in [5.41, 5.74) is 0. The van der Waals surface area contributed by atoms with Crippen molar-refractivity contribution in [3.63, 3.8) is 0 Å². The smallest absolute Gasteiger partial charge is 0.0127 e. The minimum absolute atomic E-state index is 0.802. The van der Waals surface area contributed by atoms with Crippen molar-refractivity contribution >= 4 is 0 Å². The first-order valence-electron chi connectivity index (χ1n) is 3.83. The van der Waals surface area contributed by atoms with Gasteiger partial charge in [0, 0.05) is 6.42 Å². The highest BCUT2D eigenvalue weighted by Crippen LogP contribution is 2.25. The first-order valence-corrected chi connectivity index (χ1v) is 3.83. The van der Waals surface area contributed by atoms with Gasteiger partial charge >= 0.3 is 0 Å². The van der Waals surface area contributed by atoms with Crippen molar-refractivity contribution in [2.24, 2.45) is 5.92 Å². The molecule has 0 heteroatoms. The number of hydrogen-bond donors (Lipinski definition) is 0. The molecule has 1 aliphatic carbocycles. The number of rotatable bonds is 1. The molecule has 0 aliphatic heterocycles. The Morgan fingerprint density at radius 1 is 1.22 bits per heavy atom. The first kappa shape index (κ1) is 6.68. The van der Waals surface area contributed by atoms with Gasteiger partial charge in [-0.3, -0.25) is 0 Å². The highest BCUT2D eigenvalue weighted by Gasteiger charge is 2.10. The molecule has 0 N–H and O–H groups in total. The topological polar surface area (TPSA) is 0 Å². The molecule has 0 nitrogen and oxygen atoms in total. The van der Waals surface area contributed by atoms with Gasteiger partial charge in [0.1, 0.15) is 0 Å². The molecule has 0 bridgehead atoms. The second-order valence-electron chi connectivity index (χ2n) is 2.88. The Morgan fingerprint density at radius 2 is 1.89 bits per heavy atom. The summed E-state index contributed by atoms with van der Waals surface area (Å²) < 4.78 is 0. The van der Waals surface area contributed by atoms with Crippen LogP contribution in [0.4, 0.5) is 0 Å². The van der Waals surface area contributed by atoms with Crippen LogP contribution in [0.3, 0.4) is 0 Å². The highest BCUT2D eigenvalue weighted by atomic mass is 14.2. The standard InChI is InChI=1S/C9H13/c1-2-6-9-7-4-3-5-8-9/h9H,3-8H2. The quantitative estimate of drug-likeness (QED) is 0.468. The molecule has 1 radical (unpaired) electrons. The van der Waals surface area contributed by atoms with Crippen molar-refractivity contribution in [3.8, 4) is 5.92 Å². The fourth-order valence-corrected chi connectivity index (χ4v) is 1.54. The van der Waals surface area contributed by atoms with Crippen molar-refractivity contribution in [3.05, 3.63) is 6.42 Å². The maximum atomic E-state index is 6.79. The summed E-state index contributed by atoms with van der Waals surface area (Å²) in [5.74, 6) is 3.29. The Bertz CT molecular complexity index is 102. The molecule has 0 aromatic rings. The van der Waals surface area contributed by atoms with Crippen LogP contribution in [0.5, 0.6) is 0 Å². The van der Waals surface area contributed by atoms with Crippen LogP contribution in [0.15, 0.2) is 0 Å². The van der Waals surface area contributed by atoms with Crippen LogP contribution in [0.1, 0.15) is 38.5 Å². The van der Waals surface area contributed by atoms with E-state index in [1.54, 1.807) is 0 Å². The molecular formula is C9H13. The van der Waals surface area contributed by atoms with E-state index < -0.39 is 0 Å². The Morgan fingerprint density at radius 3 is 2.44 bits per heavy atom. The van der Waals surface area contributed by atoms with Gasteiger partial charge in [-0.15, -0.1) is 0 Å². The van der Waals surface area contributed by atoms with Crippen LogP contribution in [0.2, 0.25) is 0 Å². The van der Waals surface area contributed by atoms with Gasteiger partial charge in [-0.25, -0.2) is 0 Å². The Labute approximate surface area is 57.7 Å². The third kappa shape index (κ3) is 2.10. The highest BCUT2D eigenvalue weighted by molar-refractivity contribution is 4.81. The van der Waals surface area contributed by atoms with Crippen LogP contribution >= 0.6 is 0 Å². The molecule has 1 rings (SSSR count). The summed E-state index contributed by atoms with van der Waals surface area (Å²) in [6.07, 6.45) is 14.5. The summed E-state index contributed by atoms with van der Waals surface area (Å²) in [6.45, 7) is 0. The average molecular weight is 121 g/mol. The van der Waals surface area contributed by atoms with E-state index in [0.29, 0.717) is 0 Å². The van der Waals surface area contributed by atoms with E-state index in [-0.39, 0.29) is 0 Å². The van der Waals surface area contributed by atoms with Gasteiger partial charge in [0.15, 0.2) is 0 Å². The number of hydrogen-bond acceptors (Lipinski definition) is 0. The van der Waals surface area contributed by atoms with E-state index in [1.807, 2.05) is 0 Å². The largest absolute Gasteiger partial charge is 0.0888 e. The molecule has 1 saturated carbocycles. The minimum Gasteiger partial charge on any atom is -0.0888 e. The molecule has 1 aliphatic rings. The van der Waals surface area contributed by atoms with Gasteiger partial charge in [-0.05, 0) is 25.2 Å². The molecule has 0 aromatic carbocycles. The SMILES string of the molecule is [C]#CCC1CCCCC1. The minimum atomic E-state index is 0.802. The Kier molecular flexibility index (Phi) is 2.64. The van der Waals surface area contributed by atoms with Gasteiger partial charge in [-0.2, -0.15) is 0 Å². The second-order valence-corrected chi connectivity index (χ2v) is 2.88. The molecule has 0 heterocycles. The van der Waals surface area contributed by atoms with Crippen molar-refractivity contribution in [1.82, 2.24) is 0 Å². The van der Waals surface area contributed by atoms with Crippen molar-refractivity contribution in [2.45, 2.75) is 38.5 Å². The lowest BCUT2D eigenvalue weighted by Gasteiger charge is -2.18. The lowest BCUT2D eigenvalue weighted by atomic mass is 9.87. The molecule has 0 atom stereocenters. The van der Waals surface area contributed by atoms with Crippen LogP contribution in [-0.4, -0.2) is 0 Å². The third-order valence-corrected chi connectivity index (χ3v) is 2.12. The van der Waals surface area contributed by atoms with Gasteiger partial charge < -0.3 is 0 Å². The lowest BCUT2D eigenvalue weighted by Crippen LogP contribution is -2.04. The molecule has 0 amide bonds. The normalized spacial score (nSPS) is 21.2. The van der Waals surface area contributed by atoms with E-state index in [1.165, 1.54) is 32.1 Å². The van der Waals surface area contributed by atoms with E-state index >= 15 is 0 Å². The second kappa shape index (κ2) is 3.56. The molecule has 9 heavy (non-hydrogen) atoms. The molecule has 0 aromatic heterocycles. The summed E-state index contributed by atoms with van der Waals surface area (Å²) in [4.78, 5) is 0. The van der Waals surface area contributed by atoms with E-state index in [9.17, 15) is 0 Å². The summed E-state index contributed by atoms with van der Waals surface area (Å²) in [5, 5.41) is 0. The summed E-state index contributed by atoms with van der Waals surface area (Å²) in [6, 6.07) is 0. The Hall–Kier alpha value is -0.440. The molecule has 49 valence electrons. The van der Waals surface area contributed by atoms with E-state index in [4.69, 9.17) is 6.42 Å². The summed E-state index contributed by atoms with van der Waals surface area (Å²) >= 11 is 0. The van der Waals surface area contributed by atoms with Crippen LogP contribution in [0, 0.1) is 18.3 Å². The van der Waals surface area contributed by atoms with Crippen LogP contribution in [-0.2, 0) is 0 Å². The average Bonchev–Trinajstić information content (AvgIpc) is 1.91. The van der Waals surface area contributed by atoms with Crippen LogP contribution in [0.25, 0.3) is 0 Å².